The number of hydrogen-bond donors (Lipinski definition) is 1. The van der Waals surface area contributed by atoms with E-state index in [9.17, 15) is 0 Å². The van der Waals surface area contributed by atoms with Crippen LogP contribution in [0, 0.1) is 12.8 Å². The van der Waals surface area contributed by atoms with Crippen LogP contribution in [0.3, 0.4) is 0 Å². The summed E-state index contributed by atoms with van der Waals surface area (Å²) in [5.41, 5.74) is 3.23. The number of nitrogens with one attached hydrogen (secondary N) is 1. The van der Waals surface area contributed by atoms with Crippen LogP contribution in [-0.2, 0) is 0 Å². The summed E-state index contributed by atoms with van der Waals surface area (Å²) in [5, 5.41) is 6.39. The second-order valence-electron chi connectivity index (χ2n) is 5.02. The van der Waals surface area contributed by atoms with Gasteiger partial charge < -0.3 is 10.1 Å². The number of aromatic nitrogens is 1. The topological polar surface area (TPSA) is 34.1 Å². The summed E-state index contributed by atoms with van der Waals surface area (Å²) in [6.07, 6.45) is 0. The van der Waals surface area contributed by atoms with Crippen LogP contribution in [0.4, 0.5) is 5.13 Å². The quantitative estimate of drug-likeness (QED) is 0.889. The van der Waals surface area contributed by atoms with Gasteiger partial charge in [-0.25, -0.2) is 4.98 Å². The van der Waals surface area contributed by atoms with Gasteiger partial charge in [0.05, 0.1) is 12.8 Å². The lowest BCUT2D eigenvalue weighted by atomic mass is 10.1. The van der Waals surface area contributed by atoms with E-state index in [1.165, 1.54) is 5.56 Å². The van der Waals surface area contributed by atoms with Crippen molar-refractivity contribution in [1.29, 1.82) is 0 Å². The number of rotatable bonds is 5. The van der Waals surface area contributed by atoms with E-state index in [0.29, 0.717) is 5.92 Å². The molecule has 2 aromatic rings. The molecule has 1 N–H and O–H groups in total. The Labute approximate surface area is 118 Å². The van der Waals surface area contributed by atoms with Crippen molar-refractivity contribution in [3.63, 3.8) is 0 Å². The molecule has 1 heterocycles. The Kier molecular flexibility index (Phi) is 4.43. The number of anilines is 1. The van der Waals surface area contributed by atoms with E-state index < -0.39 is 0 Å². The van der Waals surface area contributed by atoms with Gasteiger partial charge in [-0.15, -0.1) is 11.3 Å². The van der Waals surface area contributed by atoms with E-state index in [1.54, 1.807) is 18.4 Å². The maximum Gasteiger partial charge on any atom is 0.183 e. The van der Waals surface area contributed by atoms with E-state index in [4.69, 9.17) is 4.74 Å². The third kappa shape index (κ3) is 3.47. The molecule has 0 aliphatic carbocycles. The Morgan fingerprint density at radius 2 is 2.16 bits per heavy atom. The number of aryl methyl sites for hydroxylation is 1. The first-order valence-corrected chi connectivity index (χ1v) is 7.32. The number of hydrogen-bond acceptors (Lipinski definition) is 4. The maximum atomic E-state index is 5.41. The average Bonchev–Trinajstić information content (AvgIpc) is 2.85. The molecule has 1 aromatic carbocycles. The summed E-state index contributed by atoms with van der Waals surface area (Å²) >= 11 is 1.63. The fourth-order valence-electron chi connectivity index (χ4n) is 1.79. The molecule has 1 aromatic heterocycles. The fourth-order valence-corrected chi connectivity index (χ4v) is 2.51. The molecule has 0 unspecified atom stereocenters. The van der Waals surface area contributed by atoms with E-state index >= 15 is 0 Å². The molecule has 19 heavy (non-hydrogen) atoms. The lowest BCUT2D eigenvalue weighted by Crippen LogP contribution is -2.07. The Morgan fingerprint density at radius 1 is 1.37 bits per heavy atom. The molecule has 0 aliphatic rings. The predicted octanol–water partition coefficient (Wildman–Crippen LogP) is 4.20. The number of ether oxygens (including phenoxy) is 1. The second-order valence-corrected chi connectivity index (χ2v) is 5.87. The summed E-state index contributed by atoms with van der Waals surface area (Å²) in [4.78, 5) is 4.63. The summed E-state index contributed by atoms with van der Waals surface area (Å²) < 4.78 is 5.41. The van der Waals surface area contributed by atoms with Gasteiger partial charge in [0.1, 0.15) is 5.75 Å². The maximum absolute atomic E-state index is 5.41. The molecule has 102 valence electrons. The van der Waals surface area contributed by atoms with Gasteiger partial charge in [0.15, 0.2) is 5.13 Å². The summed E-state index contributed by atoms with van der Waals surface area (Å²) in [7, 11) is 1.69. The van der Waals surface area contributed by atoms with Gasteiger partial charge in [0.25, 0.3) is 0 Å². The third-order valence-electron chi connectivity index (χ3n) is 2.80. The van der Waals surface area contributed by atoms with Gasteiger partial charge in [-0.3, -0.25) is 0 Å². The largest absolute Gasteiger partial charge is 0.496 e. The van der Waals surface area contributed by atoms with Crippen molar-refractivity contribution in [2.75, 3.05) is 19.0 Å². The van der Waals surface area contributed by atoms with Crippen LogP contribution in [-0.4, -0.2) is 18.6 Å². The first-order chi connectivity index (χ1) is 9.10. The summed E-state index contributed by atoms with van der Waals surface area (Å²) in [6.45, 7) is 7.39. The lowest BCUT2D eigenvalue weighted by molar-refractivity contribution is 0.416. The Bertz CT molecular complexity index is 549. The minimum absolute atomic E-state index is 0.612. The zero-order valence-corrected chi connectivity index (χ0v) is 12.7. The minimum Gasteiger partial charge on any atom is -0.496 e. The van der Waals surface area contributed by atoms with Crippen molar-refractivity contribution in [1.82, 2.24) is 4.98 Å². The van der Waals surface area contributed by atoms with Crippen LogP contribution in [0.5, 0.6) is 5.75 Å². The monoisotopic (exact) mass is 276 g/mol. The summed E-state index contributed by atoms with van der Waals surface area (Å²) in [6, 6.07) is 6.15. The van der Waals surface area contributed by atoms with E-state index in [-0.39, 0.29) is 0 Å². The first kappa shape index (κ1) is 13.9. The van der Waals surface area contributed by atoms with E-state index in [2.05, 4.69) is 42.5 Å². The van der Waals surface area contributed by atoms with Gasteiger partial charge in [-0.2, -0.15) is 0 Å². The number of methoxy groups -OCH3 is 1. The number of benzene rings is 1. The van der Waals surface area contributed by atoms with E-state index in [1.807, 2.05) is 12.1 Å². The molecule has 0 amide bonds. The van der Waals surface area contributed by atoms with Crippen LogP contribution in [0.2, 0.25) is 0 Å². The molecule has 3 nitrogen and oxygen atoms in total. The van der Waals surface area contributed by atoms with Gasteiger partial charge in [0, 0.05) is 17.5 Å². The molecule has 0 radical (unpaired) electrons. The molecular weight excluding hydrogens is 256 g/mol. The van der Waals surface area contributed by atoms with Crippen molar-refractivity contribution < 1.29 is 4.74 Å². The highest BCUT2D eigenvalue weighted by Crippen LogP contribution is 2.32. The lowest BCUT2D eigenvalue weighted by Gasteiger charge is -2.07. The highest BCUT2D eigenvalue weighted by atomic mass is 32.1. The molecule has 0 fully saturated rings. The molecule has 0 bridgehead atoms. The predicted molar refractivity (Wildman–Crippen MR) is 82.2 cm³/mol. The molecule has 0 aliphatic heterocycles. The van der Waals surface area contributed by atoms with Crippen LogP contribution in [0.15, 0.2) is 23.6 Å². The minimum atomic E-state index is 0.612. The summed E-state index contributed by atoms with van der Waals surface area (Å²) in [5.74, 6) is 1.48. The first-order valence-electron chi connectivity index (χ1n) is 6.44. The number of thiazole rings is 1. The molecule has 0 spiro atoms. The van der Waals surface area contributed by atoms with Gasteiger partial charge in [0.2, 0.25) is 0 Å². The molecule has 0 atom stereocenters. The number of nitrogens with zero attached hydrogens (tertiary/aromatic N) is 1. The molecule has 0 saturated carbocycles. The van der Waals surface area contributed by atoms with Crippen LogP contribution in [0.1, 0.15) is 19.4 Å². The van der Waals surface area contributed by atoms with Gasteiger partial charge in [-0.1, -0.05) is 25.5 Å². The Balaban J connectivity index is 2.24. The Hall–Kier alpha value is -1.55. The third-order valence-corrected chi connectivity index (χ3v) is 3.60. The highest BCUT2D eigenvalue weighted by molar-refractivity contribution is 7.14. The van der Waals surface area contributed by atoms with Crippen LogP contribution in [0.25, 0.3) is 11.3 Å². The normalized spacial score (nSPS) is 10.8. The van der Waals surface area contributed by atoms with Gasteiger partial charge >= 0.3 is 0 Å². The van der Waals surface area contributed by atoms with Gasteiger partial charge in [-0.05, 0) is 25.0 Å². The van der Waals surface area contributed by atoms with Crippen molar-refractivity contribution in [2.45, 2.75) is 20.8 Å². The van der Waals surface area contributed by atoms with Crippen molar-refractivity contribution in [3.05, 3.63) is 29.1 Å². The molecular formula is C15H20N2OS. The highest BCUT2D eigenvalue weighted by Gasteiger charge is 2.10. The SMILES string of the molecule is COc1ccc(C)cc1-c1csc(NCC(C)C)n1. The Morgan fingerprint density at radius 3 is 2.84 bits per heavy atom. The fraction of sp³-hybridized carbons (Fsp3) is 0.400. The van der Waals surface area contributed by atoms with E-state index in [0.717, 1.165) is 28.7 Å². The standard InChI is InChI=1S/C15H20N2OS/c1-10(2)8-16-15-17-13(9-19-15)12-7-11(3)5-6-14(12)18-4/h5-7,9-10H,8H2,1-4H3,(H,16,17). The van der Waals surface area contributed by atoms with Crippen LogP contribution < -0.4 is 10.1 Å². The molecule has 2 rings (SSSR count). The van der Waals surface area contributed by atoms with Crippen molar-refractivity contribution in [2.24, 2.45) is 5.92 Å². The average molecular weight is 276 g/mol. The molecule has 0 saturated heterocycles. The zero-order valence-electron chi connectivity index (χ0n) is 11.9. The molecule has 4 heteroatoms. The van der Waals surface area contributed by atoms with Crippen LogP contribution >= 0.6 is 11.3 Å². The smallest absolute Gasteiger partial charge is 0.183 e. The zero-order chi connectivity index (χ0) is 13.8. The van der Waals surface area contributed by atoms with Crippen molar-refractivity contribution in [3.8, 4) is 17.0 Å². The second kappa shape index (κ2) is 6.06. The van der Waals surface area contributed by atoms with Crippen molar-refractivity contribution >= 4 is 16.5 Å².